The number of hydrogen-bond donors (Lipinski definition) is 1. The zero-order valence-electron chi connectivity index (χ0n) is 11.9. The molecule has 0 radical (unpaired) electrons. The number of pyridine rings is 1. The molecular formula is C14H22F2N4. The molecule has 1 atom stereocenters. The summed E-state index contributed by atoms with van der Waals surface area (Å²) >= 11 is 0. The number of halogens is 2. The van der Waals surface area contributed by atoms with E-state index < -0.39 is 11.6 Å². The predicted molar refractivity (Wildman–Crippen MR) is 75.7 cm³/mol. The van der Waals surface area contributed by atoms with Crippen LogP contribution in [0.2, 0.25) is 0 Å². The molecule has 1 aromatic heterocycles. The molecule has 4 nitrogen and oxygen atoms in total. The average Bonchev–Trinajstić information content (AvgIpc) is 2.45. The highest BCUT2D eigenvalue weighted by Crippen LogP contribution is 2.20. The summed E-state index contributed by atoms with van der Waals surface area (Å²) in [6.45, 7) is 5.97. The van der Waals surface area contributed by atoms with Crippen LogP contribution in [0.15, 0.2) is 12.3 Å². The first-order valence-corrected chi connectivity index (χ1v) is 7.15. The fourth-order valence-electron chi connectivity index (χ4n) is 2.78. The van der Waals surface area contributed by atoms with Gasteiger partial charge in [0.15, 0.2) is 11.6 Å². The summed E-state index contributed by atoms with van der Waals surface area (Å²) in [5, 5.41) is 0. The number of anilines is 1. The van der Waals surface area contributed by atoms with E-state index >= 15 is 0 Å². The molecule has 6 heteroatoms. The van der Waals surface area contributed by atoms with Crippen LogP contribution in [0.3, 0.4) is 0 Å². The summed E-state index contributed by atoms with van der Waals surface area (Å²) in [6, 6.07) is 1.38. The Labute approximate surface area is 118 Å². The molecule has 1 fully saturated rings. The Hall–Kier alpha value is -1.27. The second-order valence-electron chi connectivity index (χ2n) is 5.12. The Morgan fingerprint density at radius 3 is 2.55 bits per heavy atom. The molecule has 0 amide bonds. The fourth-order valence-corrected chi connectivity index (χ4v) is 2.78. The van der Waals surface area contributed by atoms with Crippen molar-refractivity contribution in [1.29, 1.82) is 0 Å². The maximum Gasteiger partial charge on any atom is 0.168 e. The molecule has 1 aliphatic rings. The monoisotopic (exact) mass is 284 g/mol. The molecule has 0 aliphatic carbocycles. The van der Waals surface area contributed by atoms with Gasteiger partial charge in [0.05, 0.1) is 6.20 Å². The van der Waals surface area contributed by atoms with E-state index in [2.05, 4.69) is 16.8 Å². The molecular weight excluding hydrogens is 262 g/mol. The second-order valence-corrected chi connectivity index (χ2v) is 5.12. The van der Waals surface area contributed by atoms with E-state index in [4.69, 9.17) is 5.73 Å². The minimum Gasteiger partial charge on any atom is -0.352 e. The number of rotatable bonds is 5. The summed E-state index contributed by atoms with van der Waals surface area (Å²) in [6.07, 6.45) is 3.12. The predicted octanol–water partition coefficient (Wildman–Crippen LogP) is 1.61. The summed E-state index contributed by atoms with van der Waals surface area (Å²) in [5.74, 6) is -0.982. The lowest BCUT2D eigenvalue weighted by molar-refractivity contribution is 0.172. The lowest BCUT2D eigenvalue weighted by Gasteiger charge is -2.39. The highest BCUT2D eigenvalue weighted by atomic mass is 19.1. The van der Waals surface area contributed by atoms with Crippen molar-refractivity contribution < 1.29 is 8.78 Å². The zero-order chi connectivity index (χ0) is 14.5. The van der Waals surface area contributed by atoms with Crippen molar-refractivity contribution in [3.63, 3.8) is 0 Å². The first-order valence-electron chi connectivity index (χ1n) is 7.15. The van der Waals surface area contributed by atoms with E-state index in [-0.39, 0.29) is 5.82 Å². The van der Waals surface area contributed by atoms with Crippen LogP contribution in [0.25, 0.3) is 0 Å². The van der Waals surface area contributed by atoms with Gasteiger partial charge >= 0.3 is 0 Å². The summed E-state index contributed by atoms with van der Waals surface area (Å²) < 4.78 is 26.6. The van der Waals surface area contributed by atoms with Crippen LogP contribution < -0.4 is 10.6 Å². The van der Waals surface area contributed by atoms with Gasteiger partial charge in [-0.15, -0.1) is 0 Å². The van der Waals surface area contributed by atoms with Gasteiger partial charge in [0.1, 0.15) is 5.82 Å². The van der Waals surface area contributed by atoms with Crippen LogP contribution in [-0.4, -0.2) is 48.6 Å². The maximum absolute atomic E-state index is 13.7. The molecule has 1 saturated heterocycles. The third kappa shape index (κ3) is 3.43. The van der Waals surface area contributed by atoms with Crippen LogP contribution in [-0.2, 0) is 0 Å². The van der Waals surface area contributed by atoms with Gasteiger partial charge < -0.3 is 10.6 Å². The van der Waals surface area contributed by atoms with Crippen molar-refractivity contribution in [2.75, 3.05) is 37.6 Å². The molecule has 2 heterocycles. The van der Waals surface area contributed by atoms with Gasteiger partial charge in [-0.1, -0.05) is 6.92 Å². The van der Waals surface area contributed by atoms with Gasteiger partial charge in [-0.05, 0) is 19.4 Å². The summed E-state index contributed by atoms with van der Waals surface area (Å²) in [5.41, 5.74) is 5.63. The lowest BCUT2D eigenvalue weighted by Crippen LogP contribution is -2.51. The van der Waals surface area contributed by atoms with E-state index in [1.54, 1.807) is 0 Å². The summed E-state index contributed by atoms with van der Waals surface area (Å²) in [7, 11) is 0. The normalized spacial score (nSPS) is 18.3. The van der Waals surface area contributed by atoms with E-state index in [9.17, 15) is 8.78 Å². The van der Waals surface area contributed by atoms with Crippen LogP contribution in [0.1, 0.15) is 19.8 Å². The molecule has 0 aromatic carbocycles. The van der Waals surface area contributed by atoms with Crippen molar-refractivity contribution in [3.05, 3.63) is 23.9 Å². The third-order valence-electron chi connectivity index (χ3n) is 3.89. The number of hydrogen-bond acceptors (Lipinski definition) is 4. The molecule has 1 aliphatic heterocycles. The quantitative estimate of drug-likeness (QED) is 0.892. The van der Waals surface area contributed by atoms with Gasteiger partial charge in [0.25, 0.3) is 0 Å². The van der Waals surface area contributed by atoms with Crippen molar-refractivity contribution in [2.45, 2.75) is 25.8 Å². The Morgan fingerprint density at radius 2 is 2.00 bits per heavy atom. The summed E-state index contributed by atoms with van der Waals surface area (Å²) in [4.78, 5) is 8.13. The van der Waals surface area contributed by atoms with Crippen LogP contribution in [0.4, 0.5) is 14.6 Å². The minimum absolute atomic E-state index is 0.248. The number of piperazine rings is 1. The SMILES string of the molecule is CCC(CCN)N1CCN(c2ncc(F)cc2F)CC1. The van der Waals surface area contributed by atoms with E-state index in [0.29, 0.717) is 25.7 Å². The first kappa shape index (κ1) is 15.1. The topological polar surface area (TPSA) is 45.4 Å². The molecule has 1 unspecified atom stereocenters. The smallest absolute Gasteiger partial charge is 0.168 e. The van der Waals surface area contributed by atoms with Gasteiger partial charge in [0.2, 0.25) is 0 Å². The Morgan fingerprint density at radius 1 is 1.30 bits per heavy atom. The van der Waals surface area contributed by atoms with Crippen molar-refractivity contribution in [2.24, 2.45) is 5.73 Å². The van der Waals surface area contributed by atoms with Crippen LogP contribution in [0.5, 0.6) is 0 Å². The Kier molecular flexibility index (Phi) is 5.25. The largest absolute Gasteiger partial charge is 0.352 e. The minimum atomic E-state index is -0.640. The van der Waals surface area contributed by atoms with Gasteiger partial charge in [-0.2, -0.15) is 0 Å². The molecule has 0 spiro atoms. The fraction of sp³-hybridized carbons (Fsp3) is 0.643. The number of nitrogens with zero attached hydrogens (tertiary/aromatic N) is 3. The first-order chi connectivity index (χ1) is 9.65. The highest BCUT2D eigenvalue weighted by Gasteiger charge is 2.24. The van der Waals surface area contributed by atoms with Gasteiger partial charge in [-0.3, -0.25) is 4.90 Å². The Bertz CT molecular complexity index is 433. The molecule has 2 rings (SSSR count). The zero-order valence-corrected chi connectivity index (χ0v) is 11.9. The third-order valence-corrected chi connectivity index (χ3v) is 3.89. The van der Waals surface area contributed by atoms with E-state index in [0.717, 1.165) is 38.2 Å². The van der Waals surface area contributed by atoms with E-state index in [1.807, 2.05) is 4.90 Å². The molecule has 20 heavy (non-hydrogen) atoms. The van der Waals surface area contributed by atoms with Crippen molar-refractivity contribution >= 4 is 5.82 Å². The van der Waals surface area contributed by atoms with Crippen molar-refractivity contribution in [1.82, 2.24) is 9.88 Å². The molecule has 1 aromatic rings. The second kappa shape index (κ2) is 6.95. The molecule has 2 N–H and O–H groups in total. The van der Waals surface area contributed by atoms with Crippen LogP contribution in [0, 0.1) is 11.6 Å². The lowest BCUT2D eigenvalue weighted by atomic mass is 10.1. The van der Waals surface area contributed by atoms with Crippen molar-refractivity contribution in [3.8, 4) is 0 Å². The average molecular weight is 284 g/mol. The molecule has 0 bridgehead atoms. The molecule has 112 valence electrons. The maximum atomic E-state index is 13.7. The van der Waals surface area contributed by atoms with Crippen LogP contribution >= 0.6 is 0 Å². The van der Waals surface area contributed by atoms with Gasteiger partial charge in [0, 0.05) is 38.3 Å². The van der Waals surface area contributed by atoms with E-state index in [1.165, 1.54) is 0 Å². The standard InChI is InChI=1S/C14H22F2N4/c1-2-12(3-4-17)19-5-7-20(8-6-19)14-13(16)9-11(15)10-18-14/h9-10,12H,2-8,17H2,1H3. The highest BCUT2D eigenvalue weighted by molar-refractivity contribution is 5.40. The molecule has 0 saturated carbocycles. The number of aromatic nitrogens is 1. The van der Waals surface area contributed by atoms with Gasteiger partial charge in [-0.25, -0.2) is 13.8 Å². The Balaban J connectivity index is 1.97. The number of nitrogens with two attached hydrogens (primary N) is 1.